The zero-order valence-corrected chi connectivity index (χ0v) is 13.4. The smallest absolute Gasteiger partial charge is 0.165 e. The van der Waals surface area contributed by atoms with Gasteiger partial charge in [-0.05, 0) is 23.8 Å². The molecule has 0 aliphatic carbocycles. The fourth-order valence-electron chi connectivity index (χ4n) is 2.34. The quantitative estimate of drug-likeness (QED) is 0.582. The summed E-state index contributed by atoms with van der Waals surface area (Å²) in [6, 6.07) is 8.00. The molecule has 3 N–H and O–H groups in total. The van der Waals surface area contributed by atoms with Crippen molar-refractivity contribution in [1.82, 2.24) is 15.8 Å². The van der Waals surface area contributed by atoms with Crippen molar-refractivity contribution in [3.63, 3.8) is 0 Å². The van der Waals surface area contributed by atoms with E-state index in [-0.39, 0.29) is 17.8 Å². The average molecular weight is 354 g/mol. The summed E-state index contributed by atoms with van der Waals surface area (Å²) in [5, 5.41) is 5.05. The molecule has 2 heterocycles. The second-order valence-corrected chi connectivity index (χ2v) is 5.94. The minimum Gasteiger partial charge on any atom is -0.260 e. The summed E-state index contributed by atoms with van der Waals surface area (Å²) in [4.78, 5) is 4.07. The standard InChI is InChI=1S/C15H14Cl2FN5/c16-11-5-13(17)15(19-8-11)23-21-7-10-6-20-22-14(10)9-1-3-12(18)4-2-9/h1-5,7-8,10,14,20,22H,6H2,(H,19,23)/b21-7-. The highest BCUT2D eigenvalue weighted by atomic mass is 35.5. The van der Waals surface area contributed by atoms with Crippen molar-refractivity contribution in [2.75, 3.05) is 12.0 Å². The molecule has 3 rings (SSSR count). The zero-order chi connectivity index (χ0) is 16.2. The van der Waals surface area contributed by atoms with Crippen LogP contribution in [0.15, 0.2) is 41.6 Å². The topological polar surface area (TPSA) is 61.3 Å². The highest BCUT2D eigenvalue weighted by Gasteiger charge is 2.26. The molecule has 5 nitrogen and oxygen atoms in total. The second kappa shape index (κ2) is 7.23. The van der Waals surface area contributed by atoms with Crippen LogP contribution in [0.1, 0.15) is 11.6 Å². The second-order valence-electron chi connectivity index (χ2n) is 5.09. The van der Waals surface area contributed by atoms with E-state index >= 15 is 0 Å². The van der Waals surface area contributed by atoms with Crippen molar-refractivity contribution in [3.8, 4) is 0 Å². The molecule has 0 radical (unpaired) electrons. The minimum atomic E-state index is -0.255. The number of nitrogens with zero attached hydrogens (tertiary/aromatic N) is 2. The maximum Gasteiger partial charge on any atom is 0.165 e. The number of halogens is 3. The molecule has 1 aromatic carbocycles. The molecule has 120 valence electrons. The molecule has 23 heavy (non-hydrogen) atoms. The van der Waals surface area contributed by atoms with E-state index in [1.54, 1.807) is 24.4 Å². The third kappa shape index (κ3) is 3.97. The first kappa shape index (κ1) is 16.1. The van der Waals surface area contributed by atoms with Crippen LogP contribution in [-0.2, 0) is 0 Å². The van der Waals surface area contributed by atoms with E-state index in [0.29, 0.717) is 22.4 Å². The summed E-state index contributed by atoms with van der Waals surface area (Å²) >= 11 is 11.8. The van der Waals surface area contributed by atoms with Crippen LogP contribution in [0.3, 0.4) is 0 Å². The summed E-state index contributed by atoms with van der Waals surface area (Å²) in [7, 11) is 0. The molecule has 2 aromatic rings. The number of hydrazine groups is 1. The van der Waals surface area contributed by atoms with Gasteiger partial charge >= 0.3 is 0 Å². The maximum atomic E-state index is 13.0. The number of benzene rings is 1. The Morgan fingerprint density at radius 2 is 2.09 bits per heavy atom. The number of hydrogen-bond acceptors (Lipinski definition) is 5. The Morgan fingerprint density at radius 1 is 1.30 bits per heavy atom. The van der Waals surface area contributed by atoms with Gasteiger partial charge in [0.25, 0.3) is 0 Å². The van der Waals surface area contributed by atoms with Gasteiger partial charge in [-0.1, -0.05) is 35.3 Å². The maximum absolute atomic E-state index is 13.0. The fraction of sp³-hybridized carbons (Fsp3) is 0.200. The van der Waals surface area contributed by atoms with Gasteiger partial charge in [-0.2, -0.15) is 5.10 Å². The van der Waals surface area contributed by atoms with E-state index in [4.69, 9.17) is 23.2 Å². The van der Waals surface area contributed by atoms with Crippen LogP contribution in [0.25, 0.3) is 0 Å². The van der Waals surface area contributed by atoms with E-state index in [9.17, 15) is 4.39 Å². The molecule has 0 spiro atoms. The molecule has 0 amide bonds. The molecule has 0 bridgehead atoms. The first-order chi connectivity index (χ1) is 11.1. The molecule has 1 aromatic heterocycles. The normalized spacial score (nSPS) is 21.0. The van der Waals surface area contributed by atoms with Crippen molar-refractivity contribution >= 4 is 35.2 Å². The van der Waals surface area contributed by atoms with Crippen molar-refractivity contribution in [2.45, 2.75) is 6.04 Å². The Bertz CT molecular complexity index is 708. The molecule has 0 saturated carbocycles. The number of rotatable bonds is 4. The first-order valence-corrected chi connectivity index (χ1v) is 7.73. The van der Waals surface area contributed by atoms with E-state index in [0.717, 1.165) is 5.56 Å². The lowest BCUT2D eigenvalue weighted by molar-refractivity contribution is 0.554. The fourth-order valence-corrected chi connectivity index (χ4v) is 2.76. The molecule has 1 fully saturated rings. The number of nitrogens with one attached hydrogen (secondary N) is 3. The van der Waals surface area contributed by atoms with Gasteiger partial charge in [0.05, 0.1) is 16.1 Å². The van der Waals surface area contributed by atoms with Crippen LogP contribution < -0.4 is 16.3 Å². The lowest BCUT2D eigenvalue weighted by atomic mass is 9.96. The van der Waals surface area contributed by atoms with E-state index < -0.39 is 0 Å². The van der Waals surface area contributed by atoms with Crippen LogP contribution in [-0.4, -0.2) is 17.7 Å². The molecule has 2 unspecified atom stereocenters. The van der Waals surface area contributed by atoms with E-state index in [1.807, 2.05) is 0 Å². The lowest BCUT2D eigenvalue weighted by Crippen LogP contribution is -2.25. The SMILES string of the molecule is Fc1ccc(C2NNCC2/C=N\Nc2ncc(Cl)cc2Cl)cc1. The van der Waals surface area contributed by atoms with Gasteiger partial charge in [-0.15, -0.1) is 0 Å². The predicted octanol–water partition coefficient (Wildman–Crippen LogP) is 3.39. The Morgan fingerprint density at radius 3 is 2.83 bits per heavy atom. The Labute approximate surface area is 142 Å². The summed E-state index contributed by atoms with van der Waals surface area (Å²) in [6.45, 7) is 0.703. The number of hydrazone groups is 1. The number of hydrogen-bond donors (Lipinski definition) is 3. The third-order valence-corrected chi connectivity index (χ3v) is 3.99. The Hall–Kier alpha value is -1.73. The Kier molecular flexibility index (Phi) is 5.07. The van der Waals surface area contributed by atoms with Crippen LogP contribution in [0, 0.1) is 11.7 Å². The van der Waals surface area contributed by atoms with Gasteiger partial charge < -0.3 is 0 Å². The third-order valence-electron chi connectivity index (χ3n) is 3.50. The predicted molar refractivity (Wildman–Crippen MR) is 90.1 cm³/mol. The van der Waals surface area contributed by atoms with Gasteiger partial charge in [0.15, 0.2) is 5.82 Å². The summed E-state index contributed by atoms with van der Waals surface area (Å²) < 4.78 is 13.0. The molecular formula is C15H14Cl2FN5. The molecule has 1 aliphatic heterocycles. The number of pyridine rings is 1. The van der Waals surface area contributed by atoms with Crippen LogP contribution in [0.2, 0.25) is 10.0 Å². The van der Waals surface area contributed by atoms with Gasteiger partial charge in [-0.3, -0.25) is 10.9 Å². The van der Waals surface area contributed by atoms with E-state index in [2.05, 4.69) is 26.4 Å². The molecule has 1 aliphatic rings. The van der Waals surface area contributed by atoms with Crippen molar-refractivity contribution in [2.24, 2.45) is 11.0 Å². The Balaban J connectivity index is 1.67. The van der Waals surface area contributed by atoms with Gasteiger partial charge in [0, 0.05) is 24.9 Å². The summed E-state index contributed by atoms with van der Waals surface area (Å²) in [5.41, 5.74) is 10.0. The van der Waals surface area contributed by atoms with Crippen molar-refractivity contribution in [1.29, 1.82) is 0 Å². The minimum absolute atomic E-state index is 0.00907. The highest BCUT2D eigenvalue weighted by Crippen LogP contribution is 2.25. The van der Waals surface area contributed by atoms with Gasteiger partial charge in [0.1, 0.15) is 5.82 Å². The largest absolute Gasteiger partial charge is 0.260 e. The molecule has 2 atom stereocenters. The average Bonchev–Trinajstić information content (AvgIpc) is 2.99. The summed E-state index contributed by atoms with van der Waals surface area (Å²) in [6.07, 6.45) is 3.26. The highest BCUT2D eigenvalue weighted by molar-refractivity contribution is 6.35. The lowest BCUT2D eigenvalue weighted by Gasteiger charge is -2.15. The van der Waals surface area contributed by atoms with Crippen LogP contribution in [0.4, 0.5) is 10.2 Å². The monoisotopic (exact) mass is 353 g/mol. The van der Waals surface area contributed by atoms with Crippen LogP contribution >= 0.6 is 23.2 Å². The summed E-state index contributed by atoms with van der Waals surface area (Å²) in [5.74, 6) is 0.277. The first-order valence-electron chi connectivity index (χ1n) is 6.97. The van der Waals surface area contributed by atoms with Gasteiger partial charge in [-0.25, -0.2) is 14.8 Å². The molecule has 8 heteroatoms. The molecular weight excluding hydrogens is 340 g/mol. The van der Waals surface area contributed by atoms with Crippen molar-refractivity contribution in [3.05, 3.63) is 58.0 Å². The van der Waals surface area contributed by atoms with Crippen molar-refractivity contribution < 1.29 is 4.39 Å². The zero-order valence-electron chi connectivity index (χ0n) is 11.9. The molecule has 1 saturated heterocycles. The van der Waals surface area contributed by atoms with Crippen LogP contribution in [0.5, 0.6) is 0 Å². The number of aromatic nitrogens is 1. The van der Waals surface area contributed by atoms with E-state index in [1.165, 1.54) is 18.3 Å². The van der Waals surface area contributed by atoms with Gasteiger partial charge in [0.2, 0.25) is 0 Å². The number of anilines is 1.